The quantitative estimate of drug-likeness (QED) is 0.114. The topological polar surface area (TPSA) is 198 Å². The normalized spacial score (nSPS) is 9.90. The van der Waals surface area contributed by atoms with E-state index < -0.39 is 0 Å². The molecule has 0 aromatic heterocycles. The molecule has 12 heteroatoms. The Balaban J connectivity index is 1.58. The summed E-state index contributed by atoms with van der Waals surface area (Å²) in [6.07, 6.45) is 0. The Morgan fingerprint density at radius 2 is 0.317 bits per heavy atom. The first-order valence-corrected chi connectivity index (χ1v) is 17.7. The van der Waals surface area contributed by atoms with E-state index in [1.807, 2.05) is 0 Å². The first-order chi connectivity index (χ1) is 29.4. The maximum atomic E-state index is 9.54. The molecule has 0 aliphatic heterocycles. The molecule has 0 bridgehead atoms. The largest absolute Gasteiger partial charge is 0.449 e. The molecule has 0 radical (unpaired) electrons. The minimum absolute atomic E-state index is 0.118. The summed E-state index contributed by atoms with van der Waals surface area (Å²) in [5.41, 5.74) is 2.20. The SMILES string of the molecule is N#Cc1ccc(Oc2c(Oc3ccc(C#N)cc3)c(Oc3ccc(C#N)cc3)c(Oc3ccc(C#N)cc3)c(Oc3ccc(C#N)cc3)c2Oc2ccc(C#N)cc2)cc1. The van der Waals surface area contributed by atoms with Crippen LogP contribution in [-0.2, 0) is 0 Å². The lowest BCUT2D eigenvalue weighted by Crippen LogP contribution is -2.03. The van der Waals surface area contributed by atoms with Crippen LogP contribution >= 0.6 is 0 Å². The van der Waals surface area contributed by atoms with Gasteiger partial charge in [-0.05, 0) is 146 Å². The van der Waals surface area contributed by atoms with Crippen LogP contribution in [-0.4, -0.2) is 0 Å². The maximum Gasteiger partial charge on any atom is 0.220 e. The fourth-order valence-corrected chi connectivity index (χ4v) is 5.47. The minimum atomic E-state index is -0.118. The highest BCUT2D eigenvalue weighted by molar-refractivity contribution is 5.77. The summed E-state index contributed by atoms with van der Waals surface area (Å²) >= 11 is 0. The van der Waals surface area contributed by atoms with E-state index in [1.54, 1.807) is 146 Å². The first-order valence-electron chi connectivity index (χ1n) is 17.7. The Morgan fingerprint density at radius 1 is 0.200 bits per heavy atom. The van der Waals surface area contributed by atoms with Crippen LogP contribution in [0.15, 0.2) is 146 Å². The third-order valence-corrected chi connectivity index (χ3v) is 8.46. The summed E-state index contributed by atoms with van der Waals surface area (Å²) < 4.78 is 39.8. The van der Waals surface area contributed by atoms with Gasteiger partial charge in [-0.15, -0.1) is 0 Å². The van der Waals surface area contributed by atoms with Gasteiger partial charge in [0.1, 0.15) is 34.5 Å². The zero-order chi connectivity index (χ0) is 41.8. The van der Waals surface area contributed by atoms with E-state index in [-0.39, 0.29) is 69.0 Å². The molecule has 282 valence electrons. The lowest BCUT2D eigenvalue weighted by atomic mass is 10.1. The van der Waals surface area contributed by atoms with Crippen molar-refractivity contribution in [3.8, 4) is 105 Å². The monoisotopic (exact) mass is 780 g/mol. The second-order valence-electron chi connectivity index (χ2n) is 12.4. The Hall–Kier alpha value is -9.72. The highest BCUT2D eigenvalue weighted by Crippen LogP contribution is 2.63. The zero-order valence-corrected chi connectivity index (χ0v) is 31.0. The van der Waals surface area contributed by atoms with Crippen molar-refractivity contribution in [2.24, 2.45) is 0 Å². The van der Waals surface area contributed by atoms with Gasteiger partial charge in [0.25, 0.3) is 0 Å². The van der Waals surface area contributed by atoms with Crippen LogP contribution in [0.25, 0.3) is 0 Å². The van der Waals surface area contributed by atoms with Crippen LogP contribution < -0.4 is 28.4 Å². The Labute approximate surface area is 343 Å². The van der Waals surface area contributed by atoms with Crippen LogP contribution in [0.5, 0.6) is 69.0 Å². The molecule has 7 aromatic rings. The molecule has 0 saturated carbocycles. The van der Waals surface area contributed by atoms with Gasteiger partial charge in [0.05, 0.1) is 69.8 Å². The van der Waals surface area contributed by atoms with E-state index >= 15 is 0 Å². The van der Waals surface area contributed by atoms with Gasteiger partial charge in [-0.25, -0.2) is 0 Å². The van der Waals surface area contributed by atoms with Crippen molar-refractivity contribution in [2.75, 3.05) is 0 Å². The minimum Gasteiger partial charge on any atom is -0.449 e. The number of benzene rings is 7. The number of hydrogen-bond donors (Lipinski definition) is 0. The van der Waals surface area contributed by atoms with Gasteiger partial charge in [-0.2, -0.15) is 31.6 Å². The van der Waals surface area contributed by atoms with E-state index in [0.717, 1.165) is 0 Å². The number of rotatable bonds is 12. The molecule has 0 N–H and O–H groups in total. The number of hydrogen-bond acceptors (Lipinski definition) is 12. The van der Waals surface area contributed by atoms with Gasteiger partial charge >= 0.3 is 0 Å². The summed E-state index contributed by atoms with van der Waals surface area (Å²) in [5, 5.41) is 57.2. The summed E-state index contributed by atoms with van der Waals surface area (Å²) in [5.74, 6) is 0.698. The van der Waals surface area contributed by atoms with Gasteiger partial charge in [0.15, 0.2) is 0 Å². The van der Waals surface area contributed by atoms with Crippen molar-refractivity contribution in [2.45, 2.75) is 0 Å². The molecule has 0 unspecified atom stereocenters. The van der Waals surface area contributed by atoms with Gasteiger partial charge in [0.2, 0.25) is 34.5 Å². The van der Waals surface area contributed by atoms with Crippen LogP contribution in [0.4, 0.5) is 0 Å². The molecule has 0 spiro atoms. The molecule has 7 aromatic carbocycles. The highest BCUT2D eigenvalue weighted by atomic mass is 16.6. The lowest BCUT2D eigenvalue weighted by Gasteiger charge is -2.25. The maximum absolute atomic E-state index is 9.54. The van der Waals surface area contributed by atoms with Gasteiger partial charge < -0.3 is 28.4 Å². The third kappa shape index (κ3) is 8.87. The van der Waals surface area contributed by atoms with Crippen molar-refractivity contribution in [3.05, 3.63) is 179 Å². The first kappa shape index (κ1) is 38.6. The van der Waals surface area contributed by atoms with Crippen molar-refractivity contribution in [1.82, 2.24) is 0 Å². The molecule has 60 heavy (non-hydrogen) atoms. The lowest BCUT2D eigenvalue weighted by molar-refractivity contribution is 0.326. The zero-order valence-electron chi connectivity index (χ0n) is 31.0. The predicted octanol–water partition coefficient (Wildman–Crippen LogP) is 11.7. The molecule has 0 aliphatic carbocycles. The Morgan fingerprint density at radius 3 is 0.417 bits per heavy atom. The average molecular weight is 781 g/mol. The van der Waals surface area contributed by atoms with E-state index in [2.05, 4.69) is 36.4 Å². The van der Waals surface area contributed by atoms with Crippen molar-refractivity contribution in [1.29, 1.82) is 31.6 Å². The summed E-state index contributed by atoms with van der Waals surface area (Å²) in [7, 11) is 0. The smallest absolute Gasteiger partial charge is 0.220 e. The molecule has 0 saturated heterocycles. The second kappa shape index (κ2) is 17.8. The molecule has 0 atom stereocenters. The van der Waals surface area contributed by atoms with Gasteiger partial charge in [-0.1, -0.05) is 0 Å². The van der Waals surface area contributed by atoms with E-state index in [1.165, 1.54) is 0 Å². The highest BCUT2D eigenvalue weighted by Gasteiger charge is 2.35. The molecule has 0 aliphatic rings. The van der Waals surface area contributed by atoms with Crippen LogP contribution in [0, 0.1) is 68.0 Å². The molecular formula is C48H24N6O6. The molecular weight excluding hydrogens is 757 g/mol. The second-order valence-corrected chi connectivity index (χ2v) is 12.4. The van der Waals surface area contributed by atoms with E-state index in [4.69, 9.17) is 28.4 Å². The van der Waals surface area contributed by atoms with Crippen molar-refractivity contribution >= 4 is 0 Å². The van der Waals surface area contributed by atoms with Crippen LogP contribution in [0.1, 0.15) is 33.4 Å². The van der Waals surface area contributed by atoms with Crippen LogP contribution in [0.2, 0.25) is 0 Å². The molecule has 0 heterocycles. The average Bonchev–Trinajstić information content (AvgIpc) is 3.31. The molecule has 12 nitrogen and oxygen atoms in total. The van der Waals surface area contributed by atoms with E-state index in [9.17, 15) is 31.6 Å². The fraction of sp³-hybridized carbons (Fsp3) is 0. The number of nitrogens with zero attached hydrogens (tertiary/aromatic N) is 6. The number of nitriles is 6. The molecule has 0 amide bonds. The van der Waals surface area contributed by atoms with Gasteiger partial charge in [0, 0.05) is 0 Å². The summed E-state index contributed by atoms with van der Waals surface area (Å²) in [6.45, 7) is 0. The molecule has 0 fully saturated rings. The van der Waals surface area contributed by atoms with Crippen molar-refractivity contribution in [3.63, 3.8) is 0 Å². The predicted molar refractivity (Wildman–Crippen MR) is 214 cm³/mol. The fourth-order valence-electron chi connectivity index (χ4n) is 5.47. The van der Waals surface area contributed by atoms with E-state index in [0.29, 0.717) is 33.4 Å². The Kier molecular flexibility index (Phi) is 11.5. The standard InChI is InChI=1S/C48H24N6O6/c49-25-31-1-13-37(14-2-31)55-43-44(56-38-15-3-32(26-50)4-16-38)46(58-40-19-7-34(28-52)8-20-40)48(60-42-23-11-36(30-54)12-24-42)47(59-41-21-9-35(29-53)10-22-41)45(43)57-39-17-5-33(27-51)6-18-39/h1-24H. The number of ether oxygens (including phenoxy) is 6. The third-order valence-electron chi connectivity index (χ3n) is 8.46. The summed E-state index contributed by atoms with van der Waals surface area (Å²) in [6, 6.07) is 50.0. The van der Waals surface area contributed by atoms with Crippen molar-refractivity contribution < 1.29 is 28.4 Å². The summed E-state index contributed by atoms with van der Waals surface area (Å²) in [4.78, 5) is 0. The van der Waals surface area contributed by atoms with Crippen LogP contribution in [0.3, 0.4) is 0 Å². The Bertz CT molecular complexity index is 2400. The molecule has 7 rings (SSSR count). The van der Waals surface area contributed by atoms with Gasteiger partial charge in [-0.3, -0.25) is 0 Å².